The standard InChI is InChI=1S/C11H13Cl2NO2/c1-6(2)14-11(15)7-4-8(12)10(16-3)9(13)5-7/h4-6H,1-3H3,(H,14,15). The second-order valence-electron chi connectivity index (χ2n) is 3.60. The number of nitrogens with one attached hydrogen (secondary N) is 1. The second kappa shape index (κ2) is 5.41. The highest BCUT2D eigenvalue weighted by molar-refractivity contribution is 6.37. The van der Waals surface area contributed by atoms with Crippen LogP contribution in [0.15, 0.2) is 12.1 Å². The lowest BCUT2D eigenvalue weighted by molar-refractivity contribution is 0.0943. The molecule has 0 fully saturated rings. The molecular weight excluding hydrogens is 249 g/mol. The maximum absolute atomic E-state index is 11.7. The summed E-state index contributed by atoms with van der Waals surface area (Å²) in [5, 5.41) is 3.40. The van der Waals surface area contributed by atoms with Crippen LogP contribution in [0.4, 0.5) is 0 Å². The summed E-state index contributed by atoms with van der Waals surface area (Å²) in [6.45, 7) is 3.76. The van der Waals surface area contributed by atoms with Gasteiger partial charge in [0, 0.05) is 11.6 Å². The van der Waals surface area contributed by atoms with Crippen molar-refractivity contribution in [1.29, 1.82) is 0 Å². The Morgan fingerprint density at radius 1 is 1.31 bits per heavy atom. The Labute approximate surface area is 105 Å². The Balaban J connectivity index is 3.04. The van der Waals surface area contributed by atoms with E-state index in [1.54, 1.807) is 0 Å². The van der Waals surface area contributed by atoms with Crippen LogP contribution in [-0.2, 0) is 0 Å². The van der Waals surface area contributed by atoms with Crippen molar-refractivity contribution >= 4 is 29.1 Å². The SMILES string of the molecule is COc1c(Cl)cc(C(=O)NC(C)C)cc1Cl. The van der Waals surface area contributed by atoms with Crippen LogP contribution in [0.1, 0.15) is 24.2 Å². The van der Waals surface area contributed by atoms with E-state index in [-0.39, 0.29) is 11.9 Å². The highest BCUT2D eigenvalue weighted by Gasteiger charge is 2.13. The molecular formula is C11H13Cl2NO2. The summed E-state index contributed by atoms with van der Waals surface area (Å²) in [5.74, 6) is 0.172. The zero-order valence-electron chi connectivity index (χ0n) is 9.30. The summed E-state index contributed by atoms with van der Waals surface area (Å²) in [6, 6.07) is 3.13. The summed E-state index contributed by atoms with van der Waals surface area (Å²) >= 11 is 11.9. The zero-order chi connectivity index (χ0) is 12.3. The molecule has 0 heterocycles. The molecule has 16 heavy (non-hydrogen) atoms. The van der Waals surface area contributed by atoms with E-state index in [9.17, 15) is 4.79 Å². The minimum absolute atomic E-state index is 0.0622. The largest absolute Gasteiger partial charge is 0.494 e. The zero-order valence-corrected chi connectivity index (χ0v) is 10.8. The molecule has 5 heteroatoms. The summed E-state index contributed by atoms with van der Waals surface area (Å²) in [7, 11) is 1.47. The molecule has 1 rings (SSSR count). The van der Waals surface area contributed by atoms with Crippen LogP contribution < -0.4 is 10.1 Å². The summed E-state index contributed by atoms with van der Waals surface area (Å²) in [5.41, 5.74) is 0.421. The lowest BCUT2D eigenvalue weighted by atomic mass is 10.2. The van der Waals surface area contributed by atoms with Crippen molar-refractivity contribution in [2.24, 2.45) is 0 Å². The number of carbonyl (C=O) groups is 1. The first-order chi connectivity index (χ1) is 7.45. The average Bonchev–Trinajstić information content (AvgIpc) is 2.16. The van der Waals surface area contributed by atoms with Gasteiger partial charge in [0.05, 0.1) is 17.2 Å². The third-order valence-electron chi connectivity index (χ3n) is 1.88. The fourth-order valence-corrected chi connectivity index (χ4v) is 1.87. The number of methoxy groups -OCH3 is 1. The molecule has 0 radical (unpaired) electrons. The minimum atomic E-state index is -0.207. The number of benzene rings is 1. The Hall–Kier alpha value is -0.930. The number of amides is 1. The molecule has 0 aliphatic rings. The van der Waals surface area contributed by atoms with Gasteiger partial charge in [-0.05, 0) is 26.0 Å². The molecule has 0 unspecified atom stereocenters. The molecule has 1 aromatic rings. The molecule has 0 bridgehead atoms. The number of rotatable bonds is 3. The third-order valence-corrected chi connectivity index (χ3v) is 2.45. The summed E-state index contributed by atoms with van der Waals surface area (Å²) in [4.78, 5) is 11.7. The molecule has 1 N–H and O–H groups in total. The normalized spacial score (nSPS) is 10.4. The van der Waals surface area contributed by atoms with E-state index >= 15 is 0 Å². The number of hydrogen-bond acceptors (Lipinski definition) is 2. The van der Waals surface area contributed by atoms with Gasteiger partial charge in [-0.2, -0.15) is 0 Å². The lowest BCUT2D eigenvalue weighted by Crippen LogP contribution is -2.30. The van der Waals surface area contributed by atoms with E-state index in [1.807, 2.05) is 13.8 Å². The molecule has 0 aliphatic heterocycles. The number of ether oxygens (including phenoxy) is 1. The van der Waals surface area contributed by atoms with Crippen LogP contribution >= 0.6 is 23.2 Å². The molecule has 0 aromatic heterocycles. The second-order valence-corrected chi connectivity index (χ2v) is 4.42. The van der Waals surface area contributed by atoms with Gasteiger partial charge >= 0.3 is 0 Å². The molecule has 0 saturated heterocycles. The Kier molecular flexibility index (Phi) is 4.44. The maximum Gasteiger partial charge on any atom is 0.251 e. The Bertz CT molecular complexity index is 382. The van der Waals surface area contributed by atoms with Crippen molar-refractivity contribution in [3.63, 3.8) is 0 Å². The van der Waals surface area contributed by atoms with Gasteiger partial charge in [-0.15, -0.1) is 0 Å². The van der Waals surface area contributed by atoms with E-state index in [4.69, 9.17) is 27.9 Å². The van der Waals surface area contributed by atoms with Crippen LogP contribution in [0.3, 0.4) is 0 Å². The monoisotopic (exact) mass is 261 g/mol. The molecule has 0 spiro atoms. The van der Waals surface area contributed by atoms with E-state index < -0.39 is 0 Å². The lowest BCUT2D eigenvalue weighted by Gasteiger charge is -2.11. The fourth-order valence-electron chi connectivity index (χ4n) is 1.23. The van der Waals surface area contributed by atoms with Crippen molar-refractivity contribution in [3.05, 3.63) is 27.7 Å². The Morgan fingerprint density at radius 2 is 1.81 bits per heavy atom. The molecule has 88 valence electrons. The fraction of sp³-hybridized carbons (Fsp3) is 0.364. The predicted octanol–water partition coefficient (Wildman–Crippen LogP) is 3.14. The number of hydrogen-bond donors (Lipinski definition) is 1. The van der Waals surface area contributed by atoms with Crippen molar-refractivity contribution in [2.45, 2.75) is 19.9 Å². The smallest absolute Gasteiger partial charge is 0.251 e. The van der Waals surface area contributed by atoms with Gasteiger partial charge in [0.2, 0.25) is 0 Å². The van der Waals surface area contributed by atoms with Crippen molar-refractivity contribution in [3.8, 4) is 5.75 Å². The minimum Gasteiger partial charge on any atom is -0.494 e. The van der Waals surface area contributed by atoms with Crippen LogP contribution in [-0.4, -0.2) is 19.1 Å². The van der Waals surface area contributed by atoms with Crippen LogP contribution in [0, 0.1) is 0 Å². The quantitative estimate of drug-likeness (QED) is 0.908. The van der Waals surface area contributed by atoms with Crippen LogP contribution in [0.5, 0.6) is 5.75 Å². The Morgan fingerprint density at radius 3 is 2.19 bits per heavy atom. The van der Waals surface area contributed by atoms with E-state index in [1.165, 1.54) is 19.2 Å². The van der Waals surface area contributed by atoms with Crippen molar-refractivity contribution in [1.82, 2.24) is 5.32 Å². The van der Waals surface area contributed by atoms with Crippen LogP contribution in [0.2, 0.25) is 10.0 Å². The first-order valence-corrected chi connectivity index (χ1v) is 5.55. The van der Waals surface area contributed by atoms with Gasteiger partial charge in [0.1, 0.15) is 0 Å². The molecule has 0 atom stereocenters. The molecule has 1 amide bonds. The highest BCUT2D eigenvalue weighted by Crippen LogP contribution is 2.33. The number of halogens is 2. The van der Waals surface area contributed by atoms with Crippen molar-refractivity contribution < 1.29 is 9.53 Å². The predicted molar refractivity (Wildman–Crippen MR) is 65.6 cm³/mol. The summed E-state index contributed by atoms with van der Waals surface area (Å²) < 4.78 is 5.00. The topological polar surface area (TPSA) is 38.3 Å². The van der Waals surface area contributed by atoms with Gasteiger partial charge < -0.3 is 10.1 Å². The molecule has 0 aliphatic carbocycles. The van der Waals surface area contributed by atoms with Crippen LogP contribution in [0.25, 0.3) is 0 Å². The summed E-state index contributed by atoms with van der Waals surface area (Å²) in [6.07, 6.45) is 0. The molecule has 3 nitrogen and oxygen atoms in total. The van der Waals surface area contributed by atoms with E-state index in [0.29, 0.717) is 21.4 Å². The maximum atomic E-state index is 11.7. The molecule has 1 aromatic carbocycles. The third kappa shape index (κ3) is 3.03. The van der Waals surface area contributed by atoms with Gasteiger partial charge in [0.15, 0.2) is 5.75 Å². The number of carbonyl (C=O) groups excluding carboxylic acids is 1. The first-order valence-electron chi connectivity index (χ1n) is 4.79. The van der Waals surface area contributed by atoms with Gasteiger partial charge in [-0.25, -0.2) is 0 Å². The van der Waals surface area contributed by atoms with E-state index in [2.05, 4.69) is 5.32 Å². The highest BCUT2D eigenvalue weighted by atomic mass is 35.5. The van der Waals surface area contributed by atoms with Crippen molar-refractivity contribution in [2.75, 3.05) is 7.11 Å². The average molecular weight is 262 g/mol. The van der Waals surface area contributed by atoms with Gasteiger partial charge in [-0.1, -0.05) is 23.2 Å². The van der Waals surface area contributed by atoms with Gasteiger partial charge in [0.25, 0.3) is 5.91 Å². The van der Waals surface area contributed by atoms with Gasteiger partial charge in [-0.3, -0.25) is 4.79 Å². The first kappa shape index (κ1) is 13.1. The molecule has 0 saturated carbocycles. The van der Waals surface area contributed by atoms with E-state index in [0.717, 1.165) is 0 Å².